The molecule has 5 heteroatoms. The standard InChI is InChI=1S/C15H11N3O2/c1-9-2-3-12-10(6-9)11(15(19)20)7-13(18-12)14-8-16-4-5-17-14/h2-8H,1H3,(H,19,20). The highest BCUT2D eigenvalue weighted by molar-refractivity contribution is 6.03. The van der Waals surface area contributed by atoms with Gasteiger partial charge in [-0.1, -0.05) is 11.6 Å². The fourth-order valence-corrected chi connectivity index (χ4v) is 2.08. The van der Waals surface area contributed by atoms with Crippen molar-refractivity contribution in [1.82, 2.24) is 15.0 Å². The van der Waals surface area contributed by atoms with Gasteiger partial charge in [-0.05, 0) is 25.1 Å². The summed E-state index contributed by atoms with van der Waals surface area (Å²) in [5.41, 5.74) is 2.91. The van der Waals surface area contributed by atoms with Gasteiger partial charge in [0, 0.05) is 17.8 Å². The van der Waals surface area contributed by atoms with E-state index in [-0.39, 0.29) is 5.56 Å². The molecular weight excluding hydrogens is 254 g/mol. The molecule has 0 saturated carbocycles. The summed E-state index contributed by atoms with van der Waals surface area (Å²) >= 11 is 0. The van der Waals surface area contributed by atoms with Crippen LogP contribution >= 0.6 is 0 Å². The topological polar surface area (TPSA) is 76.0 Å². The van der Waals surface area contributed by atoms with Gasteiger partial charge in [0.25, 0.3) is 0 Å². The average molecular weight is 265 g/mol. The number of carboxylic acids is 1. The van der Waals surface area contributed by atoms with Crippen molar-refractivity contribution >= 4 is 16.9 Å². The molecule has 98 valence electrons. The Morgan fingerprint density at radius 1 is 1.15 bits per heavy atom. The van der Waals surface area contributed by atoms with Crippen LogP contribution in [0.3, 0.4) is 0 Å². The number of fused-ring (bicyclic) bond motifs is 1. The molecule has 5 nitrogen and oxygen atoms in total. The third kappa shape index (κ3) is 2.09. The third-order valence-electron chi connectivity index (χ3n) is 3.02. The van der Waals surface area contributed by atoms with Crippen molar-refractivity contribution in [1.29, 1.82) is 0 Å². The lowest BCUT2D eigenvalue weighted by molar-refractivity contribution is 0.0699. The molecule has 0 amide bonds. The van der Waals surface area contributed by atoms with Gasteiger partial charge in [-0.3, -0.25) is 9.97 Å². The lowest BCUT2D eigenvalue weighted by atomic mass is 10.0. The normalized spacial score (nSPS) is 10.7. The van der Waals surface area contributed by atoms with Crippen molar-refractivity contribution in [3.8, 4) is 11.4 Å². The Hall–Kier alpha value is -2.82. The Labute approximate surface area is 115 Å². The van der Waals surface area contributed by atoms with Crippen LogP contribution in [0.5, 0.6) is 0 Å². The monoisotopic (exact) mass is 265 g/mol. The largest absolute Gasteiger partial charge is 0.478 e. The van der Waals surface area contributed by atoms with E-state index in [1.165, 1.54) is 6.07 Å². The molecule has 20 heavy (non-hydrogen) atoms. The molecule has 0 aliphatic carbocycles. The first-order valence-corrected chi connectivity index (χ1v) is 6.06. The summed E-state index contributed by atoms with van der Waals surface area (Å²) in [6, 6.07) is 7.08. The summed E-state index contributed by atoms with van der Waals surface area (Å²) in [7, 11) is 0. The number of carboxylic acid groups (broad SMARTS) is 1. The van der Waals surface area contributed by atoms with Crippen LogP contribution in [0.25, 0.3) is 22.3 Å². The zero-order chi connectivity index (χ0) is 14.1. The van der Waals surface area contributed by atoms with Gasteiger partial charge >= 0.3 is 5.97 Å². The Balaban J connectivity index is 2.32. The molecule has 0 atom stereocenters. The molecule has 1 aromatic carbocycles. The SMILES string of the molecule is Cc1ccc2nc(-c3cnccn3)cc(C(=O)O)c2c1. The Morgan fingerprint density at radius 2 is 2.00 bits per heavy atom. The molecule has 0 saturated heterocycles. The first-order valence-electron chi connectivity index (χ1n) is 6.06. The van der Waals surface area contributed by atoms with Crippen LogP contribution < -0.4 is 0 Å². The van der Waals surface area contributed by atoms with Gasteiger partial charge in [0.2, 0.25) is 0 Å². The van der Waals surface area contributed by atoms with E-state index in [4.69, 9.17) is 0 Å². The molecule has 3 rings (SSSR count). The predicted molar refractivity (Wildman–Crippen MR) is 74.5 cm³/mol. The fourth-order valence-electron chi connectivity index (χ4n) is 2.08. The highest BCUT2D eigenvalue weighted by Crippen LogP contribution is 2.24. The van der Waals surface area contributed by atoms with Crippen molar-refractivity contribution in [2.75, 3.05) is 0 Å². The fraction of sp³-hybridized carbons (Fsp3) is 0.0667. The Kier molecular flexibility index (Phi) is 2.87. The van der Waals surface area contributed by atoms with Crippen molar-refractivity contribution in [3.63, 3.8) is 0 Å². The summed E-state index contributed by atoms with van der Waals surface area (Å²) < 4.78 is 0. The first-order chi connectivity index (χ1) is 9.65. The number of hydrogen-bond donors (Lipinski definition) is 1. The molecule has 3 aromatic rings. The van der Waals surface area contributed by atoms with Crippen LogP contribution in [0.15, 0.2) is 42.9 Å². The minimum atomic E-state index is -0.979. The van der Waals surface area contributed by atoms with Crippen molar-refractivity contribution in [2.24, 2.45) is 0 Å². The maximum atomic E-state index is 11.4. The number of pyridine rings is 1. The van der Waals surface area contributed by atoms with Gasteiger partial charge in [-0.15, -0.1) is 0 Å². The number of carbonyl (C=O) groups is 1. The van der Waals surface area contributed by atoms with E-state index in [2.05, 4.69) is 15.0 Å². The Morgan fingerprint density at radius 3 is 2.70 bits per heavy atom. The number of hydrogen-bond acceptors (Lipinski definition) is 4. The molecule has 0 radical (unpaired) electrons. The van der Waals surface area contributed by atoms with Gasteiger partial charge in [0.15, 0.2) is 0 Å². The van der Waals surface area contributed by atoms with Crippen LogP contribution in [-0.4, -0.2) is 26.0 Å². The predicted octanol–water partition coefficient (Wildman–Crippen LogP) is 2.70. The molecule has 0 aliphatic heterocycles. The second-order valence-corrected chi connectivity index (χ2v) is 4.47. The van der Waals surface area contributed by atoms with Crippen LogP contribution in [0.1, 0.15) is 15.9 Å². The summed E-state index contributed by atoms with van der Waals surface area (Å²) in [4.78, 5) is 24.0. The number of rotatable bonds is 2. The lowest BCUT2D eigenvalue weighted by Gasteiger charge is -2.07. The van der Waals surface area contributed by atoms with E-state index < -0.39 is 5.97 Å². The van der Waals surface area contributed by atoms with Crippen LogP contribution in [0, 0.1) is 6.92 Å². The molecule has 0 bridgehead atoms. The van der Waals surface area contributed by atoms with Crippen molar-refractivity contribution < 1.29 is 9.90 Å². The molecule has 0 aliphatic rings. The minimum absolute atomic E-state index is 0.222. The quantitative estimate of drug-likeness (QED) is 0.771. The third-order valence-corrected chi connectivity index (χ3v) is 3.02. The second kappa shape index (κ2) is 4.70. The molecule has 0 unspecified atom stereocenters. The summed E-state index contributed by atoms with van der Waals surface area (Å²) in [6.07, 6.45) is 4.68. The van der Waals surface area contributed by atoms with Gasteiger partial charge in [-0.25, -0.2) is 9.78 Å². The number of aromatic nitrogens is 3. The molecule has 0 spiro atoms. The van der Waals surface area contributed by atoms with E-state index in [9.17, 15) is 9.90 Å². The van der Waals surface area contributed by atoms with Gasteiger partial charge < -0.3 is 5.11 Å². The van der Waals surface area contributed by atoms with Crippen LogP contribution in [-0.2, 0) is 0 Å². The van der Waals surface area contributed by atoms with E-state index in [0.29, 0.717) is 22.3 Å². The van der Waals surface area contributed by atoms with Crippen molar-refractivity contribution in [2.45, 2.75) is 6.92 Å². The molecule has 2 heterocycles. The molecule has 0 fully saturated rings. The average Bonchev–Trinajstić information content (AvgIpc) is 2.47. The Bertz CT molecular complexity index is 801. The van der Waals surface area contributed by atoms with E-state index in [0.717, 1.165) is 5.56 Å². The number of aromatic carboxylic acids is 1. The van der Waals surface area contributed by atoms with Gasteiger partial charge in [0.05, 0.1) is 23.0 Å². The lowest BCUT2D eigenvalue weighted by Crippen LogP contribution is -2.01. The summed E-state index contributed by atoms with van der Waals surface area (Å²) in [5.74, 6) is -0.979. The molecule has 1 N–H and O–H groups in total. The zero-order valence-corrected chi connectivity index (χ0v) is 10.7. The number of nitrogens with zero attached hydrogens (tertiary/aromatic N) is 3. The number of aryl methyl sites for hydroxylation is 1. The molecular formula is C15H11N3O2. The van der Waals surface area contributed by atoms with Crippen LogP contribution in [0.2, 0.25) is 0 Å². The smallest absolute Gasteiger partial charge is 0.336 e. The maximum Gasteiger partial charge on any atom is 0.336 e. The summed E-state index contributed by atoms with van der Waals surface area (Å²) in [5, 5.41) is 10.0. The second-order valence-electron chi connectivity index (χ2n) is 4.47. The highest BCUT2D eigenvalue weighted by atomic mass is 16.4. The van der Waals surface area contributed by atoms with Crippen molar-refractivity contribution in [3.05, 3.63) is 54.0 Å². The minimum Gasteiger partial charge on any atom is -0.478 e. The van der Waals surface area contributed by atoms with E-state index >= 15 is 0 Å². The van der Waals surface area contributed by atoms with Crippen LogP contribution in [0.4, 0.5) is 0 Å². The van der Waals surface area contributed by atoms with Gasteiger partial charge in [0.1, 0.15) is 5.69 Å². The first kappa shape index (κ1) is 12.2. The van der Waals surface area contributed by atoms with E-state index in [1.807, 2.05) is 25.1 Å². The highest BCUT2D eigenvalue weighted by Gasteiger charge is 2.13. The maximum absolute atomic E-state index is 11.4. The molecule has 2 aromatic heterocycles. The van der Waals surface area contributed by atoms with Gasteiger partial charge in [-0.2, -0.15) is 0 Å². The summed E-state index contributed by atoms with van der Waals surface area (Å²) in [6.45, 7) is 1.92. The number of benzene rings is 1. The van der Waals surface area contributed by atoms with E-state index in [1.54, 1.807) is 18.6 Å². The zero-order valence-electron chi connectivity index (χ0n) is 10.7.